The smallest absolute Gasteiger partial charge is 0.301 e. The molecule has 4 aromatic rings. The Morgan fingerprint density at radius 2 is 1.87 bits per heavy atom. The molecule has 1 unspecified atom stereocenters. The molecule has 2 N–H and O–H groups in total. The van der Waals surface area contributed by atoms with E-state index in [1.54, 1.807) is 30.3 Å². The van der Waals surface area contributed by atoms with Gasteiger partial charge in [0.05, 0.1) is 35.5 Å². The zero-order valence-electron chi connectivity index (χ0n) is 21.3. The normalized spacial score (nSPS) is 16.8. The molecule has 1 amide bonds. The highest BCUT2D eigenvalue weighted by Gasteiger charge is 2.48. The molecule has 1 aromatic heterocycles. The summed E-state index contributed by atoms with van der Waals surface area (Å²) in [6, 6.07) is 14.5. The van der Waals surface area contributed by atoms with Crippen molar-refractivity contribution in [2.24, 2.45) is 0 Å². The van der Waals surface area contributed by atoms with Crippen LogP contribution in [0, 0.1) is 13.8 Å². The second-order valence-electron chi connectivity index (χ2n) is 8.98. The quantitative estimate of drug-likeness (QED) is 0.188. The number of hydrogen-bond donors (Lipinski definition) is 2. The summed E-state index contributed by atoms with van der Waals surface area (Å²) >= 11 is 1.24. The van der Waals surface area contributed by atoms with E-state index in [-0.39, 0.29) is 22.8 Å². The summed E-state index contributed by atoms with van der Waals surface area (Å²) in [6.45, 7) is 6.11. The Hall–Kier alpha value is -4.37. The first-order valence-electron chi connectivity index (χ1n) is 12.0. The molecule has 0 spiro atoms. The van der Waals surface area contributed by atoms with Gasteiger partial charge >= 0.3 is 5.91 Å². The third-order valence-corrected chi connectivity index (χ3v) is 7.50. The number of anilines is 1. The number of thiazole rings is 1. The van der Waals surface area contributed by atoms with Crippen molar-refractivity contribution in [3.05, 3.63) is 82.4 Å². The molecule has 0 saturated carbocycles. The fourth-order valence-electron chi connectivity index (χ4n) is 4.60. The molecule has 2 heterocycles. The lowest BCUT2D eigenvalue weighted by molar-refractivity contribution is -0.132. The Morgan fingerprint density at radius 1 is 1.08 bits per heavy atom. The number of phenolic OH excluding ortho intramolecular Hbond substituents is 1. The largest absolute Gasteiger partial charge is 0.507 e. The Bertz CT molecular complexity index is 1620. The van der Waals surface area contributed by atoms with Crippen molar-refractivity contribution >= 4 is 44.1 Å². The number of fused-ring (bicyclic) bond motifs is 1. The first-order valence-corrected chi connectivity index (χ1v) is 12.8. The van der Waals surface area contributed by atoms with Gasteiger partial charge in [0.2, 0.25) is 0 Å². The van der Waals surface area contributed by atoms with Gasteiger partial charge in [-0.25, -0.2) is 4.98 Å². The van der Waals surface area contributed by atoms with E-state index in [0.29, 0.717) is 34.1 Å². The molecule has 1 fully saturated rings. The van der Waals surface area contributed by atoms with Crippen LogP contribution in [-0.2, 0) is 9.59 Å². The number of nitrogens with zero attached hydrogens (tertiary/aromatic N) is 2. The third-order valence-electron chi connectivity index (χ3n) is 6.48. The average Bonchev–Trinajstić information content (AvgIpc) is 3.43. The number of Topliss-reactive ketones (excluding diaryl/α,β-unsaturated/α-hetero) is 1. The number of ether oxygens (including phenoxy) is 2. The Balaban J connectivity index is 1.74. The molecular formula is C29H26N2O6S. The molecule has 1 atom stereocenters. The molecule has 194 valence electrons. The van der Waals surface area contributed by atoms with Gasteiger partial charge in [-0.1, -0.05) is 35.1 Å². The first-order chi connectivity index (χ1) is 18.2. The summed E-state index contributed by atoms with van der Waals surface area (Å²) in [6.07, 6.45) is 0. The topological polar surface area (TPSA) is 109 Å². The first kappa shape index (κ1) is 25.3. The van der Waals surface area contributed by atoms with Crippen molar-refractivity contribution in [1.82, 2.24) is 4.98 Å². The zero-order chi connectivity index (χ0) is 27.1. The van der Waals surface area contributed by atoms with Crippen LogP contribution < -0.4 is 14.4 Å². The lowest BCUT2D eigenvalue weighted by Gasteiger charge is -2.23. The number of aromatic hydroxyl groups is 1. The van der Waals surface area contributed by atoms with Gasteiger partial charge in [0.15, 0.2) is 16.6 Å². The number of ketones is 1. The molecule has 0 aliphatic carbocycles. The van der Waals surface area contributed by atoms with Gasteiger partial charge < -0.3 is 19.7 Å². The van der Waals surface area contributed by atoms with Gasteiger partial charge in [-0.15, -0.1) is 0 Å². The molecule has 9 heteroatoms. The maximum Gasteiger partial charge on any atom is 0.301 e. The van der Waals surface area contributed by atoms with Crippen LogP contribution in [0.15, 0.2) is 60.2 Å². The second kappa shape index (κ2) is 9.83. The van der Waals surface area contributed by atoms with Crippen molar-refractivity contribution < 1.29 is 29.3 Å². The molecular weight excluding hydrogens is 504 g/mol. The van der Waals surface area contributed by atoms with Crippen molar-refractivity contribution in [2.45, 2.75) is 26.8 Å². The number of aryl methyl sites for hydroxylation is 2. The van der Waals surface area contributed by atoms with Gasteiger partial charge in [-0.3, -0.25) is 14.5 Å². The van der Waals surface area contributed by atoms with Crippen molar-refractivity contribution in [3.8, 4) is 17.2 Å². The summed E-state index contributed by atoms with van der Waals surface area (Å²) in [4.78, 5) is 33.0. The number of aliphatic hydroxyl groups excluding tert-OH is 1. The van der Waals surface area contributed by atoms with Crippen LogP contribution in [0.4, 0.5) is 5.13 Å². The molecule has 38 heavy (non-hydrogen) atoms. The van der Waals surface area contributed by atoms with E-state index >= 15 is 0 Å². The van der Waals surface area contributed by atoms with E-state index in [9.17, 15) is 19.8 Å². The standard InChI is InChI=1S/C29H26N2O6S/c1-5-37-18-9-10-20-23(14-18)38-29(30-20)31-25(17-8-11-21(32)22(13-17)36-4)24(27(34)28(31)35)26(33)19-12-15(2)6-7-16(19)3/h6-14,25,32-33H,5H2,1-4H3. The van der Waals surface area contributed by atoms with Gasteiger partial charge in [-0.05, 0) is 68.3 Å². The van der Waals surface area contributed by atoms with Crippen LogP contribution >= 0.6 is 11.3 Å². The number of hydrogen-bond acceptors (Lipinski definition) is 8. The molecule has 1 saturated heterocycles. The van der Waals surface area contributed by atoms with Crippen molar-refractivity contribution in [2.75, 3.05) is 18.6 Å². The third kappa shape index (κ3) is 4.24. The highest BCUT2D eigenvalue weighted by molar-refractivity contribution is 7.22. The van der Waals surface area contributed by atoms with E-state index < -0.39 is 17.7 Å². The molecule has 0 radical (unpaired) electrons. The second-order valence-corrected chi connectivity index (χ2v) is 9.99. The van der Waals surface area contributed by atoms with E-state index in [0.717, 1.165) is 15.8 Å². The fourth-order valence-corrected chi connectivity index (χ4v) is 5.62. The minimum absolute atomic E-state index is 0.0642. The lowest BCUT2D eigenvalue weighted by Crippen LogP contribution is -2.29. The van der Waals surface area contributed by atoms with Crippen LogP contribution in [-0.4, -0.2) is 40.6 Å². The van der Waals surface area contributed by atoms with E-state index in [1.807, 2.05) is 39.0 Å². The fraction of sp³-hybridized carbons (Fsp3) is 0.207. The number of rotatable bonds is 6. The van der Waals surface area contributed by atoms with Crippen LogP contribution in [0.2, 0.25) is 0 Å². The van der Waals surface area contributed by atoms with E-state index in [4.69, 9.17) is 9.47 Å². The van der Waals surface area contributed by atoms with Gasteiger partial charge in [0, 0.05) is 5.56 Å². The molecule has 1 aliphatic rings. The number of aliphatic hydroxyl groups is 1. The number of phenols is 1. The van der Waals surface area contributed by atoms with E-state index in [1.165, 1.54) is 29.4 Å². The molecule has 8 nitrogen and oxygen atoms in total. The Labute approximate surface area is 223 Å². The number of methoxy groups -OCH3 is 1. The number of carbonyl (C=O) groups is 2. The van der Waals surface area contributed by atoms with Crippen LogP contribution in [0.5, 0.6) is 17.2 Å². The molecule has 1 aliphatic heterocycles. The number of aromatic nitrogens is 1. The SMILES string of the molecule is CCOc1ccc2nc(N3C(=O)C(=O)C(=C(O)c4cc(C)ccc4C)C3c3ccc(O)c(OC)c3)sc2c1. The highest BCUT2D eigenvalue weighted by atomic mass is 32.1. The summed E-state index contributed by atoms with van der Waals surface area (Å²) < 4.78 is 11.7. The Kier molecular flexibility index (Phi) is 6.54. The summed E-state index contributed by atoms with van der Waals surface area (Å²) in [5, 5.41) is 22.0. The molecule has 0 bridgehead atoms. The lowest BCUT2D eigenvalue weighted by atomic mass is 9.93. The molecule has 5 rings (SSSR count). The number of amides is 1. The van der Waals surface area contributed by atoms with Crippen molar-refractivity contribution in [1.29, 1.82) is 0 Å². The zero-order valence-corrected chi connectivity index (χ0v) is 22.1. The molecule has 3 aromatic carbocycles. The van der Waals surface area contributed by atoms with Crippen LogP contribution in [0.3, 0.4) is 0 Å². The number of carbonyl (C=O) groups excluding carboxylic acids is 2. The number of benzene rings is 3. The van der Waals surface area contributed by atoms with Crippen LogP contribution in [0.1, 0.15) is 35.2 Å². The average molecular weight is 531 g/mol. The van der Waals surface area contributed by atoms with Gasteiger partial charge in [0.1, 0.15) is 11.5 Å². The van der Waals surface area contributed by atoms with Gasteiger partial charge in [0.25, 0.3) is 5.78 Å². The minimum Gasteiger partial charge on any atom is -0.507 e. The highest BCUT2D eigenvalue weighted by Crippen LogP contribution is 2.46. The van der Waals surface area contributed by atoms with Gasteiger partial charge in [-0.2, -0.15) is 0 Å². The minimum atomic E-state index is -1.00. The summed E-state index contributed by atoms with van der Waals surface area (Å²) in [5.74, 6) is -1.15. The maximum atomic E-state index is 13.5. The van der Waals surface area contributed by atoms with Crippen molar-refractivity contribution in [3.63, 3.8) is 0 Å². The summed E-state index contributed by atoms with van der Waals surface area (Å²) in [7, 11) is 1.41. The monoisotopic (exact) mass is 530 g/mol. The predicted octanol–water partition coefficient (Wildman–Crippen LogP) is 5.65. The van der Waals surface area contributed by atoms with Crippen LogP contribution in [0.25, 0.3) is 16.0 Å². The predicted molar refractivity (Wildman–Crippen MR) is 146 cm³/mol. The Morgan fingerprint density at radius 3 is 2.61 bits per heavy atom. The summed E-state index contributed by atoms with van der Waals surface area (Å²) in [5.41, 5.74) is 3.16. The van der Waals surface area contributed by atoms with E-state index in [2.05, 4.69) is 4.98 Å². The maximum absolute atomic E-state index is 13.5.